The fourth-order valence-electron chi connectivity index (χ4n) is 2.53. The van der Waals surface area contributed by atoms with Crippen molar-refractivity contribution in [2.45, 2.75) is 32.9 Å². The summed E-state index contributed by atoms with van der Waals surface area (Å²) in [7, 11) is 0. The van der Waals surface area contributed by atoms with Crippen LogP contribution < -0.4 is 10.1 Å². The Labute approximate surface area is 155 Å². The summed E-state index contributed by atoms with van der Waals surface area (Å²) >= 11 is 0. The van der Waals surface area contributed by atoms with Crippen molar-refractivity contribution in [2.75, 3.05) is 13.2 Å². The summed E-state index contributed by atoms with van der Waals surface area (Å²) in [4.78, 5) is 15.5. The minimum Gasteiger partial charge on any atom is -0.508 e. The number of carbonyl (C=O) groups excluding carboxylic acids is 1. The van der Waals surface area contributed by atoms with E-state index in [1.165, 1.54) is 0 Å². The van der Waals surface area contributed by atoms with Crippen LogP contribution in [0.5, 0.6) is 11.5 Å². The molecule has 0 radical (unpaired) electrons. The number of alkyl halides is 3. The van der Waals surface area contributed by atoms with Crippen LogP contribution in [0.4, 0.5) is 13.2 Å². The predicted molar refractivity (Wildman–Crippen MR) is 93.9 cm³/mol. The predicted octanol–water partition coefficient (Wildman–Crippen LogP) is 3.88. The van der Waals surface area contributed by atoms with E-state index in [2.05, 4.69) is 10.3 Å². The van der Waals surface area contributed by atoms with Gasteiger partial charge in [0.25, 0.3) is 5.91 Å². The average molecular weight is 382 g/mol. The number of benzene rings is 1. The average Bonchev–Trinajstić information content (AvgIpc) is 2.61. The van der Waals surface area contributed by atoms with Crippen LogP contribution in [0.2, 0.25) is 0 Å². The number of ether oxygens (including phenoxy) is 1. The molecule has 0 fully saturated rings. The van der Waals surface area contributed by atoms with E-state index in [0.717, 1.165) is 23.3 Å². The lowest BCUT2D eigenvalue weighted by Crippen LogP contribution is -2.26. The highest BCUT2D eigenvalue weighted by Crippen LogP contribution is 2.29. The number of halogens is 3. The van der Waals surface area contributed by atoms with Crippen molar-refractivity contribution < 1.29 is 27.8 Å². The van der Waals surface area contributed by atoms with Gasteiger partial charge >= 0.3 is 6.18 Å². The van der Waals surface area contributed by atoms with Gasteiger partial charge in [0.2, 0.25) is 0 Å². The molecule has 0 aliphatic carbocycles. The zero-order chi connectivity index (χ0) is 20.0. The minimum atomic E-state index is -4.48. The van der Waals surface area contributed by atoms with Crippen molar-refractivity contribution in [1.82, 2.24) is 10.3 Å². The summed E-state index contributed by atoms with van der Waals surface area (Å²) in [5.41, 5.74) is 0.741. The third-order valence-corrected chi connectivity index (χ3v) is 3.89. The molecule has 2 N–H and O–H groups in total. The molecule has 0 spiro atoms. The maximum atomic E-state index is 12.5. The Balaban J connectivity index is 1.81. The normalized spacial score (nSPS) is 11.3. The van der Waals surface area contributed by atoms with Crippen molar-refractivity contribution in [1.29, 1.82) is 0 Å². The number of aryl methyl sites for hydroxylation is 2. The molecular formula is C19H21F3N2O3. The summed E-state index contributed by atoms with van der Waals surface area (Å²) < 4.78 is 43.2. The van der Waals surface area contributed by atoms with Gasteiger partial charge in [-0.3, -0.25) is 9.78 Å². The molecular weight excluding hydrogens is 361 g/mol. The highest BCUT2D eigenvalue weighted by Gasteiger charge is 2.30. The lowest BCUT2D eigenvalue weighted by molar-refractivity contribution is -0.137. The highest BCUT2D eigenvalue weighted by atomic mass is 19.4. The van der Waals surface area contributed by atoms with Crippen LogP contribution in [0.3, 0.4) is 0 Å². The Morgan fingerprint density at radius 1 is 1.30 bits per heavy atom. The summed E-state index contributed by atoms with van der Waals surface area (Å²) in [6.45, 7) is 4.43. The molecule has 1 amide bonds. The highest BCUT2D eigenvalue weighted by molar-refractivity contribution is 5.92. The van der Waals surface area contributed by atoms with Gasteiger partial charge in [-0.15, -0.1) is 0 Å². The number of nitrogens with zero attached hydrogens (tertiary/aromatic N) is 1. The SMILES string of the molecule is CCc1cc(O)cc(C)c1OCCCNC(=O)c1ccc(C(F)(F)F)cn1. The van der Waals surface area contributed by atoms with Crippen molar-refractivity contribution in [3.05, 3.63) is 52.8 Å². The van der Waals surface area contributed by atoms with Gasteiger partial charge in [-0.2, -0.15) is 13.2 Å². The summed E-state index contributed by atoms with van der Waals surface area (Å²) in [6.07, 6.45) is -2.63. The van der Waals surface area contributed by atoms with Gasteiger partial charge in [0.15, 0.2) is 0 Å². The third kappa shape index (κ3) is 5.60. The lowest BCUT2D eigenvalue weighted by atomic mass is 10.1. The number of hydrogen-bond acceptors (Lipinski definition) is 4. The van der Waals surface area contributed by atoms with Gasteiger partial charge in [-0.1, -0.05) is 6.92 Å². The molecule has 0 bridgehead atoms. The smallest absolute Gasteiger partial charge is 0.417 e. The van der Waals surface area contributed by atoms with E-state index < -0.39 is 17.6 Å². The zero-order valence-electron chi connectivity index (χ0n) is 15.1. The first-order chi connectivity index (χ1) is 12.7. The standard InChI is InChI=1S/C19H21F3N2O3/c1-3-13-10-15(25)9-12(2)17(13)27-8-4-7-23-18(26)16-6-5-14(11-24-16)19(20,21)22/h5-6,9-11,25H,3-4,7-8H2,1-2H3,(H,23,26). The van der Waals surface area contributed by atoms with Gasteiger partial charge in [-0.05, 0) is 55.2 Å². The topological polar surface area (TPSA) is 71.5 Å². The van der Waals surface area contributed by atoms with Gasteiger partial charge in [0.1, 0.15) is 17.2 Å². The number of aromatic nitrogens is 1. The van der Waals surface area contributed by atoms with Crippen LogP contribution in [0.25, 0.3) is 0 Å². The number of carbonyl (C=O) groups is 1. The first-order valence-electron chi connectivity index (χ1n) is 8.49. The number of pyridine rings is 1. The van der Waals surface area contributed by atoms with Crippen LogP contribution in [0, 0.1) is 6.92 Å². The van der Waals surface area contributed by atoms with Gasteiger partial charge in [-0.25, -0.2) is 0 Å². The molecule has 2 rings (SSSR count). The Bertz CT molecular complexity index is 790. The number of rotatable bonds is 7. The quantitative estimate of drug-likeness (QED) is 0.713. The largest absolute Gasteiger partial charge is 0.508 e. The van der Waals surface area contributed by atoms with E-state index in [1.807, 2.05) is 13.8 Å². The number of phenolic OH excluding ortho intramolecular Hbond substituents is 1. The molecule has 0 aliphatic heterocycles. The van der Waals surface area contributed by atoms with Crippen molar-refractivity contribution in [3.8, 4) is 11.5 Å². The molecule has 1 aromatic heterocycles. The first kappa shape index (κ1) is 20.5. The third-order valence-electron chi connectivity index (χ3n) is 3.89. The maximum Gasteiger partial charge on any atom is 0.417 e. The zero-order valence-corrected chi connectivity index (χ0v) is 15.1. The van der Waals surface area contributed by atoms with Crippen LogP contribution in [-0.4, -0.2) is 29.1 Å². The molecule has 1 aromatic carbocycles. The fraction of sp³-hybridized carbons (Fsp3) is 0.368. The van der Waals surface area contributed by atoms with Crippen LogP contribution >= 0.6 is 0 Å². The minimum absolute atomic E-state index is 0.0773. The van der Waals surface area contributed by atoms with Crippen LogP contribution in [0.1, 0.15) is 40.5 Å². The maximum absolute atomic E-state index is 12.5. The first-order valence-corrected chi connectivity index (χ1v) is 8.49. The van der Waals surface area contributed by atoms with E-state index in [4.69, 9.17) is 4.74 Å². The van der Waals surface area contributed by atoms with E-state index in [9.17, 15) is 23.1 Å². The summed E-state index contributed by atoms with van der Waals surface area (Å²) in [6, 6.07) is 5.14. The number of aromatic hydroxyl groups is 1. The number of phenols is 1. The van der Waals surface area contributed by atoms with Gasteiger partial charge in [0, 0.05) is 12.7 Å². The molecule has 27 heavy (non-hydrogen) atoms. The molecule has 0 unspecified atom stereocenters. The Morgan fingerprint density at radius 3 is 2.63 bits per heavy atom. The fourth-order valence-corrected chi connectivity index (χ4v) is 2.53. The summed E-state index contributed by atoms with van der Waals surface area (Å²) in [5.74, 6) is 0.359. The molecule has 1 heterocycles. The Morgan fingerprint density at radius 2 is 2.04 bits per heavy atom. The summed E-state index contributed by atoms with van der Waals surface area (Å²) in [5, 5.41) is 12.2. The Kier molecular flexibility index (Phi) is 6.65. The molecule has 2 aromatic rings. The second-order valence-electron chi connectivity index (χ2n) is 5.99. The molecule has 146 valence electrons. The Hall–Kier alpha value is -2.77. The van der Waals surface area contributed by atoms with Crippen molar-refractivity contribution in [2.24, 2.45) is 0 Å². The number of amides is 1. The second-order valence-corrected chi connectivity index (χ2v) is 5.99. The lowest BCUT2D eigenvalue weighted by Gasteiger charge is -2.14. The number of hydrogen-bond donors (Lipinski definition) is 2. The molecule has 0 saturated carbocycles. The molecule has 0 atom stereocenters. The molecule has 0 aliphatic rings. The van der Waals surface area contributed by atoms with Crippen molar-refractivity contribution in [3.63, 3.8) is 0 Å². The molecule has 8 heteroatoms. The monoisotopic (exact) mass is 382 g/mol. The van der Waals surface area contributed by atoms with Gasteiger partial charge < -0.3 is 15.2 Å². The molecule has 0 saturated heterocycles. The number of nitrogens with one attached hydrogen (secondary N) is 1. The van der Waals surface area contributed by atoms with Crippen molar-refractivity contribution >= 4 is 5.91 Å². The second kappa shape index (κ2) is 8.75. The van der Waals surface area contributed by atoms with Crippen LogP contribution in [0.15, 0.2) is 30.5 Å². The van der Waals surface area contributed by atoms with E-state index >= 15 is 0 Å². The van der Waals surface area contributed by atoms with E-state index in [0.29, 0.717) is 37.9 Å². The van der Waals surface area contributed by atoms with Crippen LogP contribution in [-0.2, 0) is 12.6 Å². The van der Waals surface area contributed by atoms with E-state index in [1.54, 1.807) is 12.1 Å². The van der Waals surface area contributed by atoms with E-state index in [-0.39, 0.29) is 11.4 Å². The molecule has 5 nitrogen and oxygen atoms in total. The van der Waals surface area contributed by atoms with Gasteiger partial charge in [0.05, 0.1) is 12.2 Å².